The van der Waals surface area contributed by atoms with Crippen molar-refractivity contribution in [2.75, 3.05) is 54.9 Å². The van der Waals surface area contributed by atoms with E-state index < -0.39 is 0 Å². The van der Waals surface area contributed by atoms with Gasteiger partial charge in [-0.05, 0) is 67.9 Å². The van der Waals surface area contributed by atoms with E-state index in [4.69, 9.17) is 10.5 Å². The number of nitrogens with two attached hydrogens (primary N) is 1. The van der Waals surface area contributed by atoms with Gasteiger partial charge < -0.3 is 25.4 Å². The van der Waals surface area contributed by atoms with Gasteiger partial charge >= 0.3 is 0 Å². The van der Waals surface area contributed by atoms with Gasteiger partial charge in [-0.25, -0.2) is 4.68 Å². The van der Waals surface area contributed by atoms with Gasteiger partial charge in [-0.15, -0.1) is 10.2 Å². The molecule has 0 bridgehead atoms. The number of benzene rings is 2. The number of para-hydroxylation sites is 2. The molecule has 0 radical (unpaired) electrons. The number of likely N-dealkylation sites (tertiary alicyclic amines) is 1. The number of phenols is 1. The van der Waals surface area contributed by atoms with Crippen molar-refractivity contribution in [3.8, 4) is 28.4 Å². The molecule has 50 heavy (non-hydrogen) atoms. The summed E-state index contributed by atoms with van der Waals surface area (Å²) in [4.78, 5) is 31.6. The highest BCUT2D eigenvalue weighted by molar-refractivity contribution is 6.02. The van der Waals surface area contributed by atoms with Crippen LogP contribution in [0, 0.1) is 5.41 Å². The molecule has 2 aromatic carbocycles. The molecule has 258 valence electrons. The second-order valence-corrected chi connectivity index (χ2v) is 14.6. The number of hydrogen-bond acceptors (Lipinski definition) is 11. The van der Waals surface area contributed by atoms with Gasteiger partial charge in [0.05, 0.1) is 36.0 Å². The number of carbonyl (C=O) groups is 2. The predicted molar refractivity (Wildman–Crippen MR) is 187 cm³/mol. The maximum absolute atomic E-state index is 12.7. The molecule has 2 amide bonds. The smallest absolute Gasteiger partial charge is 0.249 e. The molecule has 5 aliphatic rings. The number of phenolic OH excluding ortho intramolecular Hbond substituents is 1. The van der Waals surface area contributed by atoms with Crippen LogP contribution >= 0.6 is 0 Å². The number of piperidine rings is 1. The van der Waals surface area contributed by atoms with Gasteiger partial charge in [-0.3, -0.25) is 19.8 Å². The number of hydrogen-bond donors (Lipinski definition) is 3. The van der Waals surface area contributed by atoms with Crippen molar-refractivity contribution < 1.29 is 19.4 Å². The third-order valence-corrected chi connectivity index (χ3v) is 11.4. The van der Waals surface area contributed by atoms with E-state index in [1.165, 1.54) is 18.4 Å². The number of carbonyl (C=O) groups excluding carboxylic acids is 2. The van der Waals surface area contributed by atoms with Crippen LogP contribution in [0.4, 0.5) is 17.2 Å². The van der Waals surface area contributed by atoms with Crippen LogP contribution in [0.15, 0.2) is 60.9 Å². The first-order valence-corrected chi connectivity index (χ1v) is 17.7. The lowest BCUT2D eigenvalue weighted by Crippen LogP contribution is -2.73. The average Bonchev–Trinajstić information content (AvgIpc) is 3.57. The number of nitrogen functional groups attached to an aromatic ring is 1. The largest absolute Gasteiger partial charge is 0.507 e. The van der Waals surface area contributed by atoms with Crippen molar-refractivity contribution in [2.45, 2.75) is 56.5 Å². The molecule has 3 saturated heterocycles. The standard InChI is InChI=1S/C37H41N9O4/c38-35-31(16-28(41-42-35)27-4-1-2-7-32(27)47)46-18-25(17-39-46)44-21-37(22-44)19-43(20-37)24-10-8-23(9-11-24)26-5-3-6-29-34(26)50-15-14-45(29)30-12-13-33(48)40-36(30)49/h1-7,16-18,23-24,30,47H,8-15,19-22H2,(H2,38,42)(H,40,48,49). The van der Waals surface area contributed by atoms with E-state index in [1.54, 1.807) is 28.9 Å². The third-order valence-electron chi connectivity index (χ3n) is 11.4. The second-order valence-electron chi connectivity index (χ2n) is 14.6. The number of nitrogens with zero attached hydrogens (tertiary/aromatic N) is 7. The lowest BCUT2D eigenvalue weighted by atomic mass is 9.70. The van der Waals surface area contributed by atoms with E-state index in [0.29, 0.717) is 60.3 Å². The van der Waals surface area contributed by atoms with Crippen molar-refractivity contribution in [1.29, 1.82) is 0 Å². The highest BCUT2D eigenvalue weighted by Crippen LogP contribution is 2.48. The van der Waals surface area contributed by atoms with Gasteiger partial charge in [0.2, 0.25) is 11.8 Å². The van der Waals surface area contributed by atoms with Gasteiger partial charge in [0, 0.05) is 49.6 Å². The highest BCUT2D eigenvalue weighted by atomic mass is 16.5. The number of rotatable bonds is 6. The molecule has 1 saturated carbocycles. The molecular weight excluding hydrogens is 634 g/mol. The van der Waals surface area contributed by atoms with E-state index >= 15 is 0 Å². The monoisotopic (exact) mass is 675 g/mol. The Labute approximate surface area is 290 Å². The molecule has 2 aromatic heterocycles. The normalized spacial score (nSPS) is 24.6. The van der Waals surface area contributed by atoms with Crippen molar-refractivity contribution in [1.82, 2.24) is 30.2 Å². The lowest BCUT2D eigenvalue weighted by molar-refractivity contribution is -0.134. The Bertz CT molecular complexity index is 1960. The summed E-state index contributed by atoms with van der Waals surface area (Å²) in [5, 5.41) is 25.7. The number of ether oxygens (including phenoxy) is 1. The molecule has 1 spiro atoms. The molecule has 6 heterocycles. The molecule has 13 heteroatoms. The van der Waals surface area contributed by atoms with E-state index in [-0.39, 0.29) is 29.4 Å². The van der Waals surface area contributed by atoms with Crippen LogP contribution in [0.5, 0.6) is 11.5 Å². The first kappa shape index (κ1) is 30.9. The number of amides is 2. The molecule has 1 unspecified atom stereocenters. The van der Waals surface area contributed by atoms with Crippen LogP contribution in [0.25, 0.3) is 16.9 Å². The minimum absolute atomic E-state index is 0.136. The molecule has 1 aliphatic carbocycles. The second kappa shape index (κ2) is 12.0. The van der Waals surface area contributed by atoms with E-state index in [9.17, 15) is 14.7 Å². The zero-order valence-electron chi connectivity index (χ0n) is 27.9. The summed E-state index contributed by atoms with van der Waals surface area (Å²) >= 11 is 0. The fourth-order valence-corrected chi connectivity index (χ4v) is 8.89. The summed E-state index contributed by atoms with van der Waals surface area (Å²) in [6.07, 6.45) is 9.36. The maximum atomic E-state index is 12.7. The van der Waals surface area contributed by atoms with Gasteiger partial charge in [0.1, 0.15) is 29.8 Å². The number of aromatic hydroxyl groups is 1. The zero-order valence-corrected chi connectivity index (χ0v) is 27.9. The lowest BCUT2D eigenvalue weighted by Gasteiger charge is -2.63. The summed E-state index contributed by atoms with van der Waals surface area (Å²) in [6.45, 7) is 5.46. The van der Waals surface area contributed by atoms with Crippen LogP contribution < -0.4 is 25.6 Å². The number of fused-ring (bicyclic) bond motifs is 1. The molecule has 13 nitrogen and oxygen atoms in total. The molecule has 4 aliphatic heterocycles. The summed E-state index contributed by atoms with van der Waals surface area (Å²) in [5.41, 5.74) is 11.6. The molecule has 4 aromatic rings. The van der Waals surface area contributed by atoms with Crippen molar-refractivity contribution in [3.05, 3.63) is 66.5 Å². The topological polar surface area (TPSA) is 155 Å². The summed E-state index contributed by atoms with van der Waals surface area (Å²) in [6, 6.07) is 15.5. The number of anilines is 3. The van der Waals surface area contributed by atoms with E-state index in [0.717, 1.165) is 56.1 Å². The van der Waals surface area contributed by atoms with E-state index in [1.807, 2.05) is 18.5 Å². The Kier molecular flexibility index (Phi) is 7.41. The molecule has 1 atom stereocenters. The van der Waals surface area contributed by atoms with Crippen LogP contribution in [-0.4, -0.2) is 93.2 Å². The molecule has 4 N–H and O–H groups in total. The summed E-state index contributed by atoms with van der Waals surface area (Å²) in [5.74, 6) is 1.38. The highest BCUT2D eigenvalue weighted by Gasteiger charge is 2.53. The first-order valence-electron chi connectivity index (χ1n) is 17.7. The van der Waals surface area contributed by atoms with Crippen LogP contribution in [0.2, 0.25) is 0 Å². The molecular formula is C37H41N9O4. The van der Waals surface area contributed by atoms with Gasteiger partial charge in [-0.2, -0.15) is 5.10 Å². The number of nitrogens with one attached hydrogen (secondary N) is 1. The van der Waals surface area contributed by atoms with Crippen LogP contribution in [0.3, 0.4) is 0 Å². The van der Waals surface area contributed by atoms with Crippen LogP contribution in [-0.2, 0) is 9.59 Å². The summed E-state index contributed by atoms with van der Waals surface area (Å²) in [7, 11) is 0. The SMILES string of the molecule is Nc1nnc(-c2ccccc2O)cc1-n1cc(N2CC3(C2)CN(C2CCC(c4cccc5c4OCCN5C4CCC(=O)NC4=O)CC2)C3)cn1. The first-order chi connectivity index (χ1) is 24.3. The third kappa shape index (κ3) is 5.31. The van der Waals surface area contributed by atoms with E-state index in [2.05, 4.69) is 53.5 Å². The fourth-order valence-electron chi connectivity index (χ4n) is 8.89. The Morgan fingerprint density at radius 2 is 1.76 bits per heavy atom. The Balaban J connectivity index is 0.798. The summed E-state index contributed by atoms with van der Waals surface area (Å²) < 4.78 is 8.00. The fraction of sp³-hybridized carbons (Fsp3) is 0.432. The minimum atomic E-state index is -0.333. The average molecular weight is 676 g/mol. The number of aromatic nitrogens is 4. The Morgan fingerprint density at radius 3 is 2.56 bits per heavy atom. The van der Waals surface area contributed by atoms with Crippen molar-refractivity contribution >= 4 is 29.0 Å². The zero-order chi connectivity index (χ0) is 34.0. The van der Waals surface area contributed by atoms with Crippen molar-refractivity contribution in [2.24, 2.45) is 5.41 Å². The quantitative estimate of drug-likeness (QED) is 0.258. The Morgan fingerprint density at radius 1 is 0.940 bits per heavy atom. The van der Waals surface area contributed by atoms with Gasteiger partial charge in [0.25, 0.3) is 0 Å². The Hall–Kier alpha value is -5.17. The molecule has 4 fully saturated rings. The van der Waals surface area contributed by atoms with Gasteiger partial charge in [-0.1, -0.05) is 24.3 Å². The predicted octanol–water partition coefficient (Wildman–Crippen LogP) is 3.47. The molecule has 9 rings (SSSR count). The number of imide groups is 1. The maximum Gasteiger partial charge on any atom is 0.249 e. The van der Waals surface area contributed by atoms with Crippen LogP contribution in [0.1, 0.15) is 50.0 Å². The minimum Gasteiger partial charge on any atom is -0.507 e. The van der Waals surface area contributed by atoms with Crippen molar-refractivity contribution in [3.63, 3.8) is 0 Å². The van der Waals surface area contributed by atoms with Gasteiger partial charge in [0.15, 0.2) is 5.82 Å².